The summed E-state index contributed by atoms with van der Waals surface area (Å²) in [5, 5.41) is 14.9. The first kappa shape index (κ1) is 21.7. The van der Waals surface area contributed by atoms with Crippen LogP contribution in [0.3, 0.4) is 0 Å². The Balaban J connectivity index is 1.15. The quantitative estimate of drug-likeness (QED) is 0.428. The number of nitrogens with one attached hydrogen (secondary N) is 1. The summed E-state index contributed by atoms with van der Waals surface area (Å²) < 4.78 is 0. The lowest BCUT2D eigenvalue weighted by atomic mass is 9.94. The number of hydrogen-bond acceptors (Lipinski definition) is 5. The second-order valence-electron chi connectivity index (χ2n) is 9.42. The molecule has 0 radical (unpaired) electrons. The van der Waals surface area contributed by atoms with E-state index in [0.29, 0.717) is 18.9 Å². The smallest absolute Gasteiger partial charge is 0.229 e. The number of carbonyl (C=O) groups excluding carboxylic acids is 1. The first-order valence-electron chi connectivity index (χ1n) is 12.2. The van der Waals surface area contributed by atoms with Crippen molar-refractivity contribution in [2.75, 3.05) is 26.2 Å². The van der Waals surface area contributed by atoms with Gasteiger partial charge in [0.05, 0.1) is 12.0 Å². The third kappa shape index (κ3) is 4.02. The van der Waals surface area contributed by atoms with Gasteiger partial charge in [0.25, 0.3) is 0 Å². The first-order valence-corrected chi connectivity index (χ1v) is 12.2. The van der Waals surface area contributed by atoms with E-state index in [1.807, 2.05) is 30.0 Å². The molecular weight excluding hydrogens is 436 g/mol. The number of aromatic amines is 1. The van der Waals surface area contributed by atoms with Crippen molar-refractivity contribution >= 4 is 5.91 Å². The molecule has 2 atom stereocenters. The number of aromatic nitrogens is 4. The third-order valence-corrected chi connectivity index (χ3v) is 7.40. The summed E-state index contributed by atoms with van der Waals surface area (Å²) >= 11 is 0. The number of tetrazole rings is 1. The summed E-state index contributed by atoms with van der Waals surface area (Å²) in [6.07, 6.45) is 0.940. The van der Waals surface area contributed by atoms with Gasteiger partial charge in [-0.1, -0.05) is 78.0 Å². The Labute approximate surface area is 204 Å². The molecule has 1 saturated heterocycles. The maximum absolute atomic E-state index is 13.5. The van der Waals surface area contributed by atoms with Crippen LogP contribution in [-0.2, 0) is 11.2 Å². The molecule has 7 nitrogen and oxygen atoms in total. The number of nitrogens with zero attached hydrogens (tertiary/aromatic N) is 5. The molecule has 1 N–H and O–H groups in total. The largest absolute Gasteiger partial charge is 0.340 e. The highest BCUT2D eigenvalue weighted by atomic mass is 16.2. The Morgan fingerprint density at radius 1 is 0.857 bits per heavy atom. The minimum atomic E-state index is -0.169. The summed E-state index contributed by atoms with van der Waals surface area (Å²) in [7, 11) is 0. The molecule has 2 aliphatic rings. The monoisotopic (exact) mass is 464 g/mol. The lowest BCUT2D eigenvalue weighted by Gasteiger charge is -2.39. The van der Waals surface area contributed by atoms with Crippen LogP contribution in [0.25, 0.3) is 11.1 Å². The standard InChI is InChI=1S/C28H28N6O/c1-19(21-11-12-25-23(17-21)18-22-9-5-6-10-24(22)25)28(35)34-15-13-33(14-16-34)26(27-29-31-32-30-27)20-7-3-2-4-8-20/h2-12,17,19,26H,13-16,18H2,1H3,(H,29,30,31,32). The van der Waals surface area contributed by atoms with Crippen LogP contribution >= 0.6 is 0 Å². The molecule has 4 aromatic rings. The zero-order valence-corrected chi connectivity index (χ0v) is 19.8. The van der Waals surface area contributed by atoms with Crippen LogP contribution in [-0.4, -0.2) is 62.5 Å². The lowest BCUT2D eigenvalue weighted by Crippen LogP contribution is -2.51. The first-order chi connectivity index (χ1) is 17.2. The number of carbonyl (C=O) groups is 1. The topological polar surface area (TPSA) is 78.0 Å². The highest BCUT2D eigenvalue weighted by molar-refractivity contribution is 5.84. The molecule has 35 heavy (non-hydrogen) atoms. The van der Waals surface area contributed by atoms with Crippen LogP contribution in [0, 0.1) is 0 Å². The van der Waals surface area contributed by atoms with E-state index in [4.69, 9.17) is 0 Å². The van der Waals surface area contributed by atoms with Crippen molar-refractivity contribution in [1.82, 2.24) is 30.4 Å². The summed E-state index contributed by atoms with van der Waals surface area (Å²) in [4.78, 5) is 17.8. The van der Waals surface area contributed by atoms with Crippen LogP contribution in [0.1, 0.15) is 47.0 Å². The van der Waals surface area contributed by atoms with Crippen LogP contribution in [0.5, 0.6) is 0 Å². The molecule has 2 unspecified atom stereocenters. The van der Waals surface area contributed by atoms with E-state index in [9.17, 15) is 4.79 Å². The number of fused-ring (bicyclic) bond motifs is 3. The van der Waals surface area contributed by atoms with Crippen LogP contribution in [0.4, 0.5) is 0 Å². The third-order valence-electron chi connectivity index (χ3n) is 7.40. The van der Waals surface area contributed by atoms with Gasteiger partial charge in [-0.3, -0.25) is 9.69 Å². The van der Waals surface area contributed by atoms with Gasteiger partial charge in [0.15, 0.2) is 5.82 Å². The average Bonchev–Trinajstić information content (AvgIpc) is 3.57. The molecule has 1 aliphatic carbocycles. The maximum Gasteiger partial charge on any atom is 0.229 e. The van der Waals surface area contributed by atoms with E-state index in [-0.39, 0.29) is 17.9 Å². The van der Waals surface area contributed by atoms with Crippen molar-refractivity contribution in [1.29, 1.82) is 0 Å². The van der Waals surface area contributed by atoms with Gasteiger partial charge in [0.2, 0.25) is 5.91 Å². The minimum Gasteiger partial charge on any atom is -0.340 e. The van der Waals surface area contributed by atoms with E-state index in [0.717, 1.165) is 30.6 Å². The zero-order chi connectivity index (χ0) is 23.8. The Morgan fingerprint density at radius 3 is 2.37 bits per heavy atom. The molecule has 1 aromatic heterocycles. The molecule has 0 spiro atoms. The Hall–Kier alpha value is -3.84. The summed E-state index contributed by atoms with van der Waals surface area (Å²) in [5.41, 5.74) is 7.52. The van der Waals surface area contributed by atoms with Crippen molar-refractivity contribution in [2.45, 2.75) is 25.3 Å². The molecule has 0 bridgehead atoms. The SMILES string of the molecule is CC(C(=O)N1CCN(C(c2ccccc2)c2nn[nH]n2)CC1)c1ccc2c(c1)Cc1ccccc1-2. The highest BCUT2D eigenvalue weighted by Gasteiger charge is 2.32. The zero-order valence-electron chi connectivity index (χ0n) is 19.8. The predicted octanol–water partition coefficient (Wildman–Crippen LogP) is 3.81. The number of rotatable bonds is 5. The maximum atomic E-state index is 13.5. The lowest BCUT2D eigenvalue weighted by molar-refractivity contribution is -0.134. The van der Waals surface area contributed by atoms with Crippen molar-refractivity contribution in [2.24, 2.45) is 0 Å². The molecule has 2 heterocycles. The van der Waals surface area contributed by atoms with Gasteiger partial charge in [0.1, 0.15) is 0 Å². The fraction of sp³-hybridized carbons (Fsp3) is 0.286. The Bertz CT molecular complexity index is 1330. The fourth-order valence-corrected chi connectivity index (χ4v) is 5.50. The molecular formula is C28H28N6O. The number of piperazine rings is 1. The van der Waals surface area contributed by atoms with Crippen molar-refractivity contribution in [3.05, 3.63) is 101 Å². The van der Waals surface area contributed by atoms with Crippen molar-refractivity contribution in [3.8, 4) is 11.1 Å². The summed E-state index contributed by atoms with van der Waals surface area (Å²) in [6, 6.07) is 25.3. The van der Waals surface area contributed by atoms with Crippen LogP contribution < -0.4 is 0 Å². The van der Waals surface area contributed by atoms with E-state index >= 15 is 0 Å². The molecule has 176 valence electrons. The predicted molar refractivity (Wildman–Crippen MR) is 134 cm³/mol. The molecule has 1 aliphatic heterocycles. The second kappa shape index (κ2) is 9.07. The van der Waals surface area contributed by atoms with E-state index in [2.05, 4.69) is 80.1 Å². The van der Waals surface area contributed by atoms with Gasteiger partial charge >= 0.3 is 0 Å². The van der Waals surface area contributed by atoms with Gasteiger partial charge in [-0.05, 0) is 46.7 Å². The summed E-state index contributed by atoms with van der Waals surface area (Å²) in [5.74, 6) is 0.678. The van der Waals surface area contributed by atoms with Crippen molar-refractivity contribution in [3.63, 3.8) is 0 Å². The minimum absolute atomic E-state index is 0.0806. The van der Waals surface area contributed by atoms with Gasteiger partial charge in [-0.2, -0.15) is 5.21 Å². The second-order valence-corrected chi connectivity index (χ2v) is 9.42. The van der Waals surface area contributed by atoms with E-state index in [1.54, 1.807) is 0 Å². The Morgan fingerprint density at radius 2 is 1.60 bits per heavy atom. The van der Waals surface area contributed by atoms with Gasteiger partial charge in [0, 0.05) is 26.2 Å². The number of hydrogen-bond donors (Lipinski definition) is 1. The molecule has 3 aromatic carbocycles. The van der Waals surface area contributed by atoms with Gasteiger partial charge in [-0.15, -0.1) is 10.2 Å². The van der Waals surface area contributed by atoms with Gasteiger partial charge in [-0.25, -0.2) is 0 Å². The number of amides is 1. The molecule has 0 saturated carbocycles. The molecule has 6 rings (SSSR count). The number of benzene rings is 3. The van der Waals surface area contributed by atoms with E-state index in [1.165, 1.54) is 22.3 Å². The molecule has 1 fully saturated rings. The molecule has 1 amide bonds. The summed E-state index contributed by atoms with van der Waals surface area (Å²) in [6.45, 7) is 4.91. The highest BCUT2D eigenvalue weighted by Crippen LogP contribution is 2.38. The number of H-pyrrole nitrogens is 1. The van der Waals surface area contributed by atoms with E-state index < -0.39 is 0 Å². The fourth-order valence-electron chi connectivity index (χ4n) is 5.50. The normalized spacial score (nSPS) is 17.0. The van der Waals surface area contributed by atoms with Crippen LogP contribution in [0.15, 0.2) is 72.8 Å². The van der Waals surface area contributed by atoms with Crippen molar-refractivity contribution < 1.29 is 4.79 Å². The molecule has 7 heteroatoms. The Kier molecular flexibility index (Phi) is 5.62. The van der Waals surface area contributed by atoms with Gasteiger partial charge < -0.3 is 4.90 Å². The average molecular weight is 465 g/mol. The van der Waals surface area contributed by atoms with Crippen LogP contribution in [0.2, 0.25) is 0 Å².